The van der Waals surface area contributed by atoms with E-state index in [1.807, 2.05) is 48.5 Å². The predicted octanol–water partition coefficient (Wildman–Crippen LogP) is 3.87. The van der Waals surface area contributed by atoms with Gasteiger partial charge in [-0.1, -0.05) is 24.3 Å². The SMILES string of the molecule is COc1ccc([C@H]2OC[C@@]3(F)C2CO[C@@H]3c2ccc(OC)cc2)cc1. The topological polar surface area (TPSA) is 36.9 Å². The fourth-order valence-electron chi connectivity index (χ4n) is 3.80. The number of alkyl halides is 1. The highest BCUT2D eigenvalue weighted by molar-refractivity contribution is 5.34. The minimum absolute atomic E-state index is 0.0328. The number of halogens is 1. The largest absolute Gasteiger partial charge is 0.497 e. The molecule has 5 heteroatoms. The van der Waals surface area contributed by atoms with E-state index < -0.39 is 11.8 Å². The van der Waals surface area contributed by atoms with E-state index in [0.717, 1.165) is 22.6 Å². The van der Waals surface area contributed by atoms with Crippen LogP contribution in [0.5, 0.6) is 11.5 Å². The Morgan fingerprint density at radius 1 is 0.880 bits per heavy atom. The van der Waals surface area contributed by atoms with Crippen LogP contribution in [0.25, 0.3) is 0 Å². The molecule has 1 unspecified atom stereocenters. The molecule has 0 radical (unpaired) electrons. The minimum Gasteiger partial charge on any atom is -0.497 e. The second kappa shape index (κ2) is 6.32. The molecule has 0 aliphatic carbocycles. The van der Waals surface area contributed by atoms with Crippen LogP contribution in [0.2, 0.25) is 0 Å². The maximum absolute atomic E-state index is 15.8. The van der Waals surface area contributed by atoms with Crippen molar-refractivity contribution >= 4 is 0 Å². The van der Waals surface area contributed by atoms with Crippen LogP contribution >= 0.6 is 0 Å². The average molecular weight is 344 g/mol. The molecule has 25 heavy (non-hydrogen) atoms. The molecule has 0 spiro atoms. The van der Waals surface area contributed by atoms with Gasteiger partial charge >= 0.3 is 0 Å². The highest BCUT2D eigenvalue weighted by Crippen LogP contribution is 2.55. The first kappa shape index (κ1) is 16.4. The second-order valence-electron chi connectivity index (χ2n) is 6.52. The molecule has 0 amide bonds. The monoisotopic (exact) mass is 344 g/mol. The van der Waals surface area contributed by atoms with Crippen LogP contribution in [0.15, 0.2) is 48.5 Å². The number of hydrogen-bond donors (Lipinski definition) is 0. The van der Waals surface area contributed by atoms with Crippen molar-refractivity contribution in [3.8, 4) is 11.5 Å². The van der Waals surface area contributed by atoms with Gasteiger partial charge in [0.15, 0.2) is 5.67 Å². The van der Waals surface area contributed by atoms with Gasteiger partial charge in [-0.3, -0.25) is 0 Å². The van der Waals surface area contributed by atoms with E-state index in [0.29, 0.717) is 6.61 Å². The summed E-state index contributed by atoms with van der Waals surface area (Å²) in [5, 5.41) is 0. The summed E-state index contributed by atoms with van der Waals surface area (Å²) in [5.41, 5.74) is 0.230. The summed E-state index contributed by atoms with van der Waals surface area (Å²) in [5.74, 6) is 1.19. The molecule has 2 aromatic carbocycles. The summed E-state index contributed by atoms with van der Waals surface area (Å²) in [7, 11) is 3.23. The second-order valence-corrected chi connectivity index (χ2v) is 6.52. The van der Waals surface area contributed by atoms with Gasteiger partial charge in [-0.2, -0.15) is 0 Å². The Morgan fingerprint density at radius 2 is 1.44 bits per heavy atom. The number of ether oxygens (including phenoxy) is 4. The highest BCUT2D eigenvalue weighted by atomic mass is 19.1. The van der Waals surface area contributed by atoms with Crippen LogP contribution < -0.4 is 9.47 Å². The third-order valence-electron chi connectivity index (χ3n) is 5.21. The van der Waals surface area contributed by atoms with Gasteiger partial charge in [0.25, 0.3) is 0 Å². The maximum Gasteiger partial charge on any atom is 0.172 e. The van der Waals surface area contributed by atoms with Crippen LogP contribution in [-0.2, 0) is 9.47 Å². The van der Waals surface area contributed by atoms with Crippen LogP contribution in [-0.4, -0.2) is 33.1 Å². The molecule has 2 aromatic rings. The molecular formula is C20H21FO4. The van der Waals surface area contributed by atoms with Crippen LogP contribution in [0, 0.1) is 5.92 Å². The molecule has 132 valence electrons. The fraction of sp³-hybridized carbons (Fsp3) is 0.400. The Kier molecular flexibility index (Phi) is 4.13. The van der Waals surface area contributed by atoms with Crippen molar-refractivity contribution in [2.75, 3.05) is 27.4 Å². The lowest BCUT2D eigenvalue weighted by atomic mass is 9.82. The molecule has 2 saturated heterocycles. The zero-order valence-corrected chi connectivity index (χ0v) is 14.3. The van der Waals surface area contributed by atoms with Gasteiger partial charge in [0.2, 0.25) is 0 Å². The Labute approximate surface area is 146 Å². The summed E-state index contributed by atoms with van der Waals surface area (Å²) in [4.78, 5) is 0. The summed E-state index contributed by atoms with van der Waals surface area (Å²) < 4.78 is 37.9. The van der Waals surface area contributed by atoms with E-state index in [4.69, 9.17) is 18.9 Å². The Morgan fingerprint density at radius 3 is 2.00 bits per heavy atom. The molecule has 2 aliphatic rings. The van der Waals surface area contributed by atoms with E-state index in [1.54, 1.807) is 14.2 Å². The Bertz CT molecular complexity index is 730. The molecule has 4 nitrogen and oxygen atoms in total. The number of rotatable bonds is 4. The Hall–Kier alpha value is -2.11. The van der Waals surface area contributed by atoms with Gasteiger partial charge < -0.3 is 18.9 Å². The van der Waals surface area contributed by atoms with Crippen LogP contribution in [0.3, 0.4) is 0 Å². The van der Waals surface area contributed by atoms with E-state index >= 15 is 4.39 Å². The molecule has 2 fully saturated rings. The van der Waals surface area contributed by atoms with Crippen molar-refractivity contribution in [3.63, 3.8) is 0 Å². The van der Waals surface area contributed by atoms with Gasteiger partial charge in [-0.05, 0) is 35.4 Å². The van der Waals surface area contributed by atoms with Gasteiger partial charge in [-0.15, -0.1) is 0 Å². The summed E-state index contributed by atoms with van der Waals surface area (Å²) in [6.45, 7) is 0.370. The van der Waals surface area contributed by atoms with Gasteiger partial charge in [0.05, 0.1) is 39.5 Å². The first-order chi connectivity index (χ1) is 12.2. The lowest BCUT2D eigenvalue weighted by molar-refractivity contribution is -0.0181. The third-order valence-corrected chi connectivity index (χ3v) is 5.21. The van der Waals surface area contributed by atoms with Crippen molar-refractivity contribution in [3.05, 3.63) is 59.7 Å². The fourth-order valence-corrected chi connectivity index (χ4v) is 3.80. The third kappa shape index (κ3) is 2.68. The lowest BCUT2D eigenvalue weighted by Gasteiger charge is -2.24. The molecular weight excluding hydrogens is 323 g/mol. The van der Waals surface area contributed by atoms with E-state index in [9.17, 15) is 0 Å². The standard InChI is InChI=1S/C20H21FO4/c1-22-15-7-3-13(4-8-15)18-17-11-24-19(20(17,21)12-25-18)14-5-9-16(23-2)10-6-14/h3-10,17-19H,11-12H2,1-2H3/t17?,18-,19-,20-/m1/s1. The molecule has 4 rings (SSSR count). The van der Waals surface area contributed by atoms with Crippen LogP contribution in [0.1, 0.15) is 23.3 Å². The molecule has 2 heterocycles. The zero-order chi connectivity index (χ0) is 17.4. The van der Waals surface area contributed by atoms with Crippen LogP contribution in [0.4, 0.5) is 4.39 Å². The summed E-state index contributed by atoms with van der Waals surface area (Å²) in [6.07, 6.45) is -0.925. The smallest absolute Gasteiger partial charge is 0.172 e. The van der Waals surface area contributed by atoms with Gasteiger partial charge in [0, 0.05) is 0 Å². The van der Waals surface area contributed by atoms with Gasteiger partial charge in [-0.25, -0.2) is 4.39 Å². The summed E-state index contributed by atoms with van der Waals surface area (Å²) >= 11 is 0. The quantitative estimate of drug-likeness (QED) is 0.844. The number of hydrogen-bond acceptors (Lipinski definition) is 4. The molecule has 0 aromatic heterocycles. The van der Waals surface area contributed by atoms with Crippen molar-refractivity contribution in [1.29, 1.82) is 0 Å². The average Bonchev–Trinajstić information content (AvgIpc) is 3.16. The molecule has 0 saturated carbocycles. The van der Waals surface area contributed by atoms with E-state index in [1.165, 1.54) is 0 Å². The maximum atomic E-state index is 15.8. The Balaban J connectivity index is 1.58. The van der Waals surface area contributed by atoms with E-state index in [-0.39, 0.29) is 18.6 Å². The van der Waals surface area contributed by atoms with Crippen molar-refractivity contribution < 1.29 is 23.3 Å². The number of fused-ring (bicyclic) bond motifs is 1. The van der Waals surface area contributed by atoms with E-state index in [2.05, 4.69) is 0 Å². The molecule has 0 bridgehead atoms. The van der Waals surface area contributed by atoms with Crippen molar-refractivity contribution in [2.24, 2.45) is 5.92 Å². The first-order valence-corrected chi connectivity index (χ1v) is 8.36. The lowest BCUT2D eigenvalue weighted by Crippen LogP contribution is -2.34. The zero-order valence-electron chi connectivity index (χ0n) is 14.3. The highest BCUT2D eigenvalue weighted by Gasteiger charge is 2.61. The number of benzene rings is 2. The predicted molar refractivity (Wildman–Crippen MR) is 90.7 cm³/mol. The molecule has 2 aliphatic heterocycles. The minimum atomic E-state index is -1.53. The van der Waals surface area contributed by atoms with Crippen molar-refractivity contribution in [2.45, 2.75) is 17.9 Å². The van der Waals surface area contributed by atoms with Gasteiger partial charge in [0.1, 0.15) is 17.6 Å². The first-order valence-electron chi connectivity index (χ1n) is 8.36. The molecule has 4 atom stereocenters. The molecule has 0 N–H and O–H groups in total. The number of methoxy groups -OCH3 is 2. The summed E-state index contributed by atoms with van der Waals surface area (Å²) in [6, 6.07) is 15.0. The normalized spacial score (nSPS) is 30.9. The van der Waals surface area contributed by atoms with Crippen molar-refractivity contribution in [1.82, 2.24) is 0 Å².